The third-order valence-electron chi connectivity index (χ3n) is 1.85. The van der Waals surface area contributed by atoms with E-state index in [9.17, 15) is 5.11 Å². The number of rotatable bonds is 1. The minimum Gasteiger partial charge on any atom is -0.388 e. The average molecular weight is 199 g/mol. The molecule has 2 nitrogen and oxygen atoms in total. The summed E-state index contributed by atoms with van der Waals surface area (Å²) in [6, 6.07) is 0. The molecular weight excluding hydrogens is 182 g/mol. The largest absolute Gasteiger partial charge is 0.388 e. The lowest BCUT2D eigenvalue weighted by atomic mass is 9.98. The van der Waals surface area contributed by atoms with Crippen molar-refractivity contribution in [2.24, 2.45) is 0 Å². The van der Waals surface area contributed by atoms with Crippen molar-refractivity contribution in [3.63, 3.8) is 0 Å². The zero-order valence-corrected chi connectivity index (χ0v) is 9.70. The van der Waals surface area contributed by atoms with Crippen LogP contribution in [0.5, 0.6) is 0 Å². The Kier molecular flexibility index (Phi) is 2.78. The predicted octanol–water partition coefficient (Wildman–Crippen LogP) is 2.80. The zero-order chi connectivity index (χ0) is 10.2. The first-order chi connectivity index (χ1) is 5.82. The Morgan fingerprint density at radius 3 is 2.15 bits per heavy atom. The average Bonchev–Trinajstić information content (AvgIpc) is 2.29. The highest BCUT2D eigenvalue weighted by Gasteiger charge is 2.21. The van der Waals surface area contributed by atoms with Crippen LogP contribution >= 0.6 is 11.3 Å². The molecule has 1 aromatic heterocycles. The molecule has 0 fully saturated rings. The van der Waals surface area contributed by atoms with Crippen LogP contribution in [0.25, 0.3) is 0 Å². The molecule has 1 rings (SSSR count). The molecule has 1 N–H and O–H groups in total. The monoisotopic (exact) mass is 199 g/mol. The smallest absolute Gasteiger partial charge is 0.0985 e. The zero-order valence-electron chi connectivity index (χ0n) is 8.88. The lowest BCUT2D eigenvalue weighted by molar-refractivity contribution is 0.202. The van der Waals surface area contributed by atoms with Crippen molar-refractivity contribution >= 4 is 11.3 Å². The SMILES string of the molecule is Cc1nc(C(C)(C)C)sc1C(C)O. The van der Waals surface area contributed by atoms with Gasteiger partial charge in [-0.3, -0.25) is 0 Å². The molecule has 0 saturated carbocycles. The number of aliphatic hydroxyl groups excluding tert-OH is 1. The van der Waals surface area contributed by atoms with Gasteiger partial charge in [-0.25, -0.2) is 4.98 Å². The second kappa shape index (κ2) is 3.39. The van der Waals surface area contributed by atoms with E-state index in [-0.39, 0.29) is 5.41 Å². The number of hydrogen-bond acceptors (Lipinski definition) is 3. The molecule has 1 unspecified atom stereocenters. The maximum absolute atomic E-state index is 9.45. The van der Waals surface area contributed by atoms with Crippen LogP contribution in [-0.4, -0.2) is 10.1 Å². The first kappa shape index (κ1) is 10.7. The Morgan fingerprint density at radius 1 is 1.38 bits per heavy atom. The lowest BCUT2D eigenvalue weighted by Crippen LogP contribution is -2.10. The van der Waals surface area contributed by atoms with Crippen LogP contribution in [-0.2, 0) is 5.41 Å². The van der Waals surface area contributed by atoms with E-state index < -0.39 is 6.10 Å². The van der Waals surface area contributed by atoms with Gasteiger partial charge in [0, 0.05) is 5.41 Å². The number of aliphatic hydroxyl groups is 1. The fourth-order valence-corrected chi connectivity index (χ4v) is 2.18. The second-order valence-electron chi connectivity index (χ2n) is 4.39. The molecule has 1 heterocycles. The summed E-state index contributed by atoms with van der Waals surface area (Å²) in [7, 11) is 0. The van der Waals surface area contributed by atoms with Gasteiger partial charge in [0.25, 0.3) is 0 Å². The third-order valence-corrected chi connectivity index (χ3v) is 3.61. The first-order valence-corrected chi connectivity index (χ1v) is 5.30. The minimum atomic E-state index is -0.395. The molecule has 0 spiro atoms. The van der Waals surface area contributed by atoms with Gasteiger partial charge >= 0.3 is 0 Å². The Morgan fingerprint density at radius 2 is 1.92 bits per heavy atom. The molecule has 0 bridgehead atoms. The van der Waals surface area contributed by atoms with Gasteiger partial charge in [-0.05, 0) is 13.8 Å². The summed E-state index contributed by atoms with van der Waals surface area (Å²) in [5, 5.41) is 10.6. The molecule has 0 saturated heterocycles. The maximum atomic E-state index is 9.45. The number of thiazole rings is 1. The van der Waals surface area contributed by atoms with Crippen LogP contribution in [0, 0.1) is 6.92 Å². The van der Waals surface area contributed by atoms with Crippen molar-refractivity contribution in [3.8, 4) is 0 Å². The van der Waals surface area contributed by atoms with Crippen molar-refractivity contribution in [2.75, 3.05) is 0 Å². The standard InChI is InChI=1S/C10H17NOS/c1-6-8(7(2)12)13-9(11-6)10(3,4)5/h7,12H,1-5H3. The summed E-state index contributed by atoms with van der Waals surface area (Å²) in [5.74, 6) is 0. The van der Waals surface area contributed by atoms with Crippen molar-refractivity contribution in [2.45, 2.75) is 46.1 Å². The van der Waals surface area contributed by atoms with Crippen molar-refractivity contribution < 1.29 is 5.11 Å². The minimum absolute atomic E-state index is 0.0859. The fourth-order valence-electron chi connectivity index (χ4n) is 1.12. The van der Waals surface area contributed by atoms with Gasteiger partial charge in [-0.15, -0.1) is 11.3 Å². The number of hydrogen-bond donors (Lipinski definition) is 1. The lowest BCUT2D eigenvalue weighted by Gasteiger charge is -2.13. The van der Waals surface area contributed by atoms with E-state index in [0.717, 1.165) is 15.6 Å². The summed E-state index contributed by atoms with van der Waals surface area (Å²) >= 11 is 1.61. The van der Waals surface area contributed by atoms with Crippen molar-refractivity contribution in [1.82, 2.24) is 4.98 Å². The van der Waals surface area contributed by atoms with Gasteiger partial charge < -0.3 is 5.11 Å². The second-order valence-corrected chi connectivity index (χ2v) is 5.43. The van der Waals surface area contributed by atoms with E-state index in [1.165, 1.54) is 0 Å². The number of aryl methyl sites for hydroxylation is 1. The van der Waals surface area contributed by atoms with Crippen LogP contribution in [0.1, 0.15) is 49.4 Å². The third kappa shape index (κ3) is 2.29. The molecule has 0 aliphatic heterocycles. The summed E-state index contributed by atoms with van der Waals surface area (Å²) in [5.41, 5.74) is 1.05. The van der Waals surface area contributed by atoms with Crippen LogP contribution in [0.15, 0.2) is 0 Å². The first-order valence-electron chi connectivity index (χ1n) is 4.48. The van der Waals surface area contributed by atoms with E-state index in [1.54, 1.807) is 18.3 Å². The topological polar surface area (TPSA) is 33.1 Å². The highest BCUT2D eigenvalue weighted by molar-refractivity contribution is 7.12. The summed E-state index contributed by atoms with van der Waals surface area (Å²) in [6.45, 7) is 10.1. The Labute approximate surface area is 83.6 Å². The van der Waals surface area contributed by atoms with Crippen molar-refractivity contribution in [3.05, 3.63) is 15.6 Å². The molecule has 13 heavy (non-hydrogen) atoms. The molecule has 0 aliphatic rings. The molecule has 0 amide bonds. The van der Waals surface area contributed by atoms with E-state index in [1.807, 2.05) is 6.92 Å². The Hall–Kier alpha value is -0.410. The van der Waals surface area contributed by atoms with E-state index >= 15 is 0 Å². The van der Waals surface area contributed by atoms with E-state index in [0.29, 0.717) is 0 Å². The highest BCUT2D eigenvalue weighted by Crippen LogP contribution is 2.32. The molecule has 3 heteroatoms. The fraction of sp³-hybridized carbons (Fsp3) is 0.700. The molecule has 0 radical (unpaired) electrons. The van der Waals surface area contributed by atoms with E-state index in [4.69, 9.17) is 0 Å². The predicted molar refractivity (Wildman–Crippen MR) is 56.2 cm³/mol. The normalized spacial score (nSPS) is 14.6. The highest BCUT2D eigenvalue weighted by atomic mass is 32.1. The molecule has 0 aliphatic carbocycles. The molecule has 74 valence electrons. The van der Waals surface area contributed by atoms with Gasteiger partial charge in [0.2, 0.25) is 0 Å². The van der Waals surface area contributed by atoms with Gasteiger partial charge in [0.15, 0.2) is 0 Å². The summed E-state index contributed by atoms with van der Waals surface area (Å²) < 4.78 is 0. The van der Waals surface area contributed by atoms with Gasteiger partial charge in [0.05, 0.1) is 21.7 Å². The summed E-state index contributed by atoms with van der Waals surface area (Å²) in [6.07, 6.45) is -0.395. The molecule has 1 aromatic rings. The van der Waals surface area contributed by atoms with Gasteiger partial charge in [-0.1, -0.05) is 20.8 Å². The van der Waals surface area contributed by atoms with Gasteiger partial charge in [-0.2, -0.15) is 0 Å². The van der Waals surface area contributed by atoms with Crippen molar-refractivity contribution in [1.29, 1.82) is 0 Å². The van der Waals surface area contributed by atoms with Crippen LogP contribution in [0.4, 0.5) is 0 Å². The van der Waals surface area contributed by atoms with Crippen LogP contribution in [0.3, 0.4) is 0 Å². The maximum Gasteiger partial charge on any atom is 0.0985 e. The molecule has 1 atom stereocenters. The van der Waals surface area contributed by atoms with E-state index in [2.05, 4.69) is 25.8 Å². The Bertz CT molecular complexity index is 296. The molecular formula is C10H17NOS. The summed E-state index contributed by atoms with van der Waals surface area (Å²) in [4.78, 5) is 5.45. The molecule has 0 aromatic carbocycles. The Balaban J connectivity index is 3.10. The number of aromatic nitrogens is 1. The van der Waals surface area contributed by atoms with Gasteiger partial charge in [0.1, 0.15) is 0 Å². The van der Waals surface area contributed by atoms with Crippen LogP contribution < -0.4 is 0 Å². The number of nitrogens with zero attached hydrogens (tertiary/aromatic N) is 1. The van der Waals surface area contributed by atoms with Crippen LogP contribution in [0.2, 0.25) is 0 Å². The quantitative estimate of drug-likeness (QED) is 0.754.